The number of aliphatic carboxylic acids is 1. The van der Waals surface area contributed by atoms with Crippen LogP contribution in [0.1, 0.15) is 11.1 Å². The number of benzene rings is 2. The molecule has 126 valence electrons. The molecule has 0 aromatic heterocycles. The van der Waals surface area contributed by atoms with Crippen LogP contribution in [0, 0.1) is 25.0 Å². The van der Waals surface area contributed by atoms with Crippen LogP contribution in [0.5, 0.6) is 5.75 Å². The first kappa shape index (κ1) is 18.4. The molecule has 0 fully saturated rings. The summed E-state index contributed by atoms with van der Waals surface area (Å²) in [6, 6.07) is 12.9. The minimum absolute atomic E-state index is 0.0920. The van der Waals surface area contributed by atoms with E-state index in [2.05, 4.69) is 0 Å². The van der Waals surface area contributed by atoms with E-state index < -0.39 is 17.5 Å². The van der Waals surface area contributed by atoms with E-state index in [1.54, 1.807) is 30.3 Å². The Bertz CT molecular complexity index is 902. The summed E-state index contributed by atoms with van der Waals surface area (Å²) in [6.45, 7) is -0.442. The van der Waals surface area contributed by atoms with Crippen molar-refractivity contribution in [3.63, 3.8) is 0 Å². The highest BCUT2D eigenvalue weighted by atomic mass is 127. The lowest BCUT2D eigenvalue weighted by Crippen LogP contribution is -2.10. The van der Waals surface area contributed by atoms with Gasteiger partial charge in [-0.25, -0.2) is 4.79 Å². The number of hydrogen-bond donors (Lipinski definition) is 1. The van der Waals surface area contributed by atoms with Gasteiger partial charge in [-0.05, 0) is 51.9 Å². The molecular formula is C17H11IN2O5. The molecule has 0 aliphatic rings. The highest BCUT2D eigenvalue weighted by molar-refractivity contribution is 14.1. The highest BCUT2D eigenvalue weighted by Gasteiger charge is 2.10. The van der Waals surface area contributed by atoms with Crippen molar-refractivity contribution < 1.29 is 19.6 Å². The number of rotatable bonds is 6. The lowest BCUT2D eigenvalue weighted by molar-refractivity contribution is -0.384. The molecule has 0 unspecified atom stereocenters. The molecule has 0 bridgehead atoms. The van der Waals surface area contributed by atoms with Gasteiger partial charge in [0.05, 0.1) is 20.1 Å². The van der Waals surface area contributed by atoms with E-state index in [9.17, 15) is 20.2 Å². The Morgan fingerprint density at radius 3 is 2.72 bits per heavy atom. The van der Waals surface area contributed by atoms with Crippen molar-refractivity contribution in [3.05, 3.63) is 67.3 Å². The average Bonchev–Trinajstić information content (AvgIpc) is 2.58. The van der Waals surface area contributed by atoms with Gasteiger partial charge >= 0.3 is 5.97 Å². The van der Waals surface area contributed by atoms with Crippen molar-refractivity contribution in [1.82, 2.24) is 0 Å². The van der Waals surface area contributed by atoms with Crippen LogP contribution in [0.15, 0.2) is 42.5 Å². The maximum atomic E-state index is 10.9. The Balaban J connectivity index is 2.32. The molecule has 0 saturated carbocycles. The fourth-order valence-electron chi connectivity index (χ4n) is 2.00. The summed E-state index contributed by atoms with van der Waals surface area (Å²) in [5, 5.41) is 28.9. The second-order valence-electron chi connectivity index (χ2n) is 4.85. The first-order valence-electron chi connectivity index (χ1n) is 6.91. The minimum Gasteiger partial charge on any atom is -0.481 e. The van der Waals surface area contributed by atoms with Crippen LogP contribution in [0.3, 0.4) is 0 Å². The number of carboxylic acids is 1. The molecule has 25 heavy (non-hydrogen) atoms. The number of nitriles is 1. The molecular weight excluding hydrogens is 439 g/mol. The third kappa shape index (κ3) is 5.02. The number of nitro groups is 1. The van der Waals surface area contributed by atoms with Gasteiger partial charge in [0.15, 0.2) is 6.61 Å². The molecule has 2 aromatic rings. The number of carbonyl (C=O) groups is 1. The number of hydrogen-bond acceptors (Lipinski definition) is 5. The van der Waals surface area contributed by atoms with Crippen molar-refractivity contribution in [2.24, 2.45) is 0 Å². The zero-order chi connectivity index (χ0) is 18.4. The zero-order valence-corrected chi connectivity index (χ0v) is 14.8. The maximum Gasteiger partial charge on any atom is 0.341 e. The Hall–Kier alpha value is -2.93. The number of allylic oxidation sites excluding steroid dienone is 1. The maximum absolute atomic E-state index is 10.9. The lowest BCUT2D eigenvalue weighted by Gasteiger charge is -2.07. The molecule has 1 N–H and O–H groups in total. The number of carboxylic acid groups (broad SMARTS) is 1. The van der Waals surface area contributed by atoms with Crippen molar-refractivity contribution in [1.29, 1.82) is 5.26 Å². The fourth-order valence-corrected chi connectivity index (χ4v) is 2.69. The number of nitrogens with zero attached hydrogens (tertiary/aromatic N) is 2. The highest BCUT2D eigenvalue weighted by Crippen LogP contribution is 2.26. The van der Waals surface area contributed by atoms with Crippen molar-refractivity contribution in [2.45, 2.75) is 0 Å². The molecule has 2 rings (SSSR count). The van der Waals surface area contributed by atoms with Gasteiger partial charge in [-0.15, -0.1) is 0 Å². The Kier molecular flexibility index (Phi) is 6.08. The monoisotopic (exact) mass is 450 g/mol. The Labute approximate surface area is 156 Å². The summed E-state index contributed by atoms with van der Waals surface area (Å²) >= 11 is 2.00. The van der Waals surface area contributed by atoms with E-state index >= 15 is 0 Å². The van der Waals surface area contributed by atoms with E-state index in [4.69, 9.17) is 9.84 Å². The molecule has 8 heteroatoms. The van der Waals surface area contributed by atoms with E-state index in [0.717, 1.165) is 0 Å². The molecule has 0 amide bonds. The van der Waals surface area contributed by atoms with Crippen LogP contribution in [0.2, 0.25) is 0 Å². The predicted octanol–water partition coefficient (Wildman–Crippen LogP) is 3.73. The van der Waals surface area contributed by atoms with Crippen molar-refractivity contribution in [3.8, 4) is 11.8 Å². The predicted molar refractivity (Wildman–Crippen MR) is 98.9 cm³/mol. The molecule has 0 radical (unpaired) electrons. The topological polar surface area (TPSA) is 113 Å². The minimum atomic E-state index is -1.07. The van der Waals surface area contributed by atoms with E-state index in [1.165, 1.54) is 18.2 Å². The Morgan fingerprint density at radius 1 is 1.36 bits per heavy atom. The zero-order valence-electron chi connectivity index (χ0n) is 12.7. The molecule has 0 spiro atoms. The largest absolute Gasteiger partial charge is 0.481 e. The average molecular weight is 450 g/mol. The van der Waals surface area contributed by atoms with Gasteiger partial charge in [0, 0.05) is 12.1 Å². The van der Waals surface area contributed by atoms with Gasteiger partial charge in [-0.3, -0.25) is 10.1 Å². The second kappa shape index (κ2) is 8.25. The quantitative estimate of drug-likeness (QED) is 0.236. The molecule has 0 aliphatic heterocycles. The summed E-state index contributed by atoms with van der Waals surface area (Å²) < 4.78 is 5.83. The molecule has 0 saturated heterocycles. The summed E-state index contributed by atoms with van der Waals surface area (Å²) in [5.41, 5.74) is 1.32. The lowest BCUT2D eigenvalue weighted by atomic mass is 10.0. The van der Waals surface area contributed by atoms with Crippen molar-refractivity contribution >= 4 is 45.9 Å². The van der Waals surface area contributed by atoms with Gasteiger partial charge in [-0.1, -0.05) is 18.2 Å². The second-order valence-corrected chi connectivity index (χ2v) is 6.01. The van der Waals surface area contributed by atoms with Gasteiger partial charge in [0.25, 0.3) is 5.69 Å². The third-order valence-corrected chi connectivity index (χ3v) is 3.95. The smallest absolute Gasteiger partial charge is 0.341 e. The Morgan fingerprint density at radius 2 is 2.12 bits per heavy atom. The van der Waals surface area contributed by atoms with E-state index in [0.29, 0.717) is 20.4 Å². The molecule has 0 atom stereocenters. The molecule has 2 aromatic carbocycles. The summed E-state index contributed by atoms with van der Waals surface area (Å²) in [6.07, 6.45) is 1.60. The van der Waals surface area contributed by atoms with Crippen LogP contribution in [-0.2, 0) is 4.79 Å². The van der Waals surface area contributed by atoms with Crippen LogP contribution in [-0.4, -0.2) is 22.6 Å². The first-order valence-corrected chi connectivity index (χ1v) is 7.99. The summed E-state index contributed by atoms with van der Waals surface area (Å²) in [4.78, 5) is 20.9. The number of nitro benzene ring substituents is 1. The fraction of sp³-hybridized carbons (Fsp3) is 0.0588. The molecule has 0 aliphatic carbocycles. The van der Waals surface area contributed by atoms with Crippen molar-refractivity contribution in [2.75, 3.05) is 6.61 Å². The number of ether oxygens (including phenoxy) is 1. The van der Waals surface area contributed by atoms with Crippen LogP contribution in [0.4, 0.5) is 5.69 Å². The van der Waals surface area contributed by atoms with Gasteiger partial charge < -0.3 is 9.84 Å². The molecule has 7 nitrogen and oxygen atoms in total. The normalized spacial score (nSPS) is 10.8. The van der Waals surface area contributed by atoms with Gasteiger partial charge in [0.2, 0.25) is 0 Å². The van der Waals surface area contributed by atoms with Crippen LogP contribution < -0.4 is 4.74 Å². The number of non-ortho nitro benzene ring substituents is 1. The standard InChI is InChI=1S/C17H11IN2O5/c18-15-7-11(4-5-16(15)25-10-17(21)22)6-13(9-19)12-2-1-3-14(8-12)20(23)24/h1-8H,10H2,(H,21,22). The van der Waals surface area contributed by atoms with Gasteiger partial charge in [-0.2, -0.15) is 5.26 Å². The van der Waals surface area contributed by atoms with E-state index in [-0.39, 0.29) is 11.3 Å². The van der Waals surface area contributed by atoms with Crippen LogP contribution >= 0.6 is 22.6 Å². The summed E-state index contributed by atoms with van der Waals surface area (Å²) in [7, 11) is 0. The van der Waals surface area contributed by atoms with Crippen LogP contribution in [0.25, 0.3) is 11.6 Å². The van der Waals surface area contributed by atoms with Gasteiger partial charge in [0.1, 0.15) is 5.75 Å². The number of halogens is 1. The third-order valence-electron chi connectivity index (χ3n) is 3.11. The SMILES string of the molecule is N#CC(=Cc1ccc(OCC(=O)O)c(I)c1)c1cccc([N+](=O)[O-])c1. The van der Waals surface area contributed by atoms with E-state index in [1.807, 2.05) is 28.7 Å². The molecule has 0 heterocycles. The first-order chi connectivity index (χ1) is 11.9. The summed E-state index contributed by atoms with van der Waals surface area (Å²) in [5.74, 6) is -0.647.